The fourth-order valence-corrected chi connectivity index (χ4v) is 5.78. The van der Waals surface area contributed by atoms with Gasteiger partial charge in [-0.15, -0.1) is 0 Å². The summed E-state index contributed by atoms with van der Waals surface area (Å²) in [6, 6.07) is 12.2. The zero-order valence-corrected chi connectivity index (χ0v) is 20.7. The van der Waals surface area contributed by atoms with Crippen molar-refractivity contribution in [1.82, 2.24) is 9.03 Å². The Bertz CT molecular complexity index is 1060. The van der Waals surface area contributed by atoms with E-state index in [1.54, 1.807) is 25.1 Å². The number of halogens is 1. The van der Waals surface area contributed by atoms with E-state index in [1.165, 1.54) is 8.61 Å². The van der Waals surface area contributed by atoms with Crippen LogP contribution in [-0.4, -0.2) is 54.7 Å². The Kier molecular flexibility index (Phi) is 8.18. The number of nitrogens with zero attached hydrogens (tertiary/aromatic N) is 3. The number of anilines is 2. The summed E-state index contributed by atoms with van der Waals surface area (Å²) >= 11 is 3.53. The van der Waals surface area contributed by atoms with E-state index in [2.05, 4.69) is 4.72 Å². The number of benzene rings is 2. The predicted molar refractivity (Wildman–Crippen MR) is 129 cm³/mol. The van der Waals surface area contributed by atoms with E-state index in [1.807, 2.05) is 43.3 Å². The lowest BCUT2D eigenvalue weighted by Crippen LogP contribution is -2.45. The molecule has 0 saturated heterocycles. The zero-order chi connectivity index (χ0) is 23.5. The fourth-order valence-electron chi connectivity index (χ4n) is 3.69. The maximum absolute atomic E-state index is 12.8. The first-order valence-electron chi connectivity index (χ1n) is 10.3. The average molecular weight is 500 g/mol. The van der Waals surface area contributed by atoms with Crippen molar-refractivity contribution in [2.24, 2.45) is 0 Å². The molecular weight excluding hydrogens is 472 g/mol. The molecule has 1 unspecified atom stereocenters. The van der Waals surface area contributed by atoms with E-state index in [9.17, 15) is 17.2 Å². The van der Waals surface area contributed by atoms with Gasteiger partial charge in [-0.25, -0.2) is 4.72 Å². The molecule has 8 nitrogen and oxygen atoms in total. The highest BCUT2D eigenvalue weighted by molar-refractivity contribution is 7.87. The summed E-state index contributed by atoms with van der Waals surface area (Å²) in [5, 5.41) is 0.642. The lowest BCUT2D eigenvalue weighted by atomic mass is 10.0. The Morgan fingerprint density at radius 1 is 1.16 bits per heavy atom. The van der Waals surface area contributed by atoms with Gasteiger partial charge in [0.1, 0.15) is 0 Å². The number of rotatable bonds is 9. The molecule has 176 valence electrons. The second-order valence-corrected chi connectivity index (χ2v) is 11.0. The first-order chi connectivity index (χ1) is 15.1. The molecule has 0 fully saturated rings. The van der Waals surface area contributed by atoms with Gasteiger partial charge >= 0.3 is 0 Å². The van der Waals surface area contributed by atoms with Crippen LogP contribution in [0.4, 0.5) is 11.4 Å². The van der Waals surface area contributed by atoms with Crippen molar-refractivity contribution >= 4 is 44.5 Å². The van der Waals surface area contributed by atoms with Gasteiger partial charge in [0.15, 0.2) is 0 Å². The normalized spacial score (nSPS) is 16.3. The van der Waals surface area contributed by atoms with E-state index < -0.39 is 27.5 Å². The number of hydrogen-bond acceptors (Lipinski definition) is 5. The molecule has 11 heteroatoms. The molecule has 0 radical (unpaired) electrons. The SMILES string of the molecule is C[C@@H](CCNS(=O)(=O)N1CCc2cc(Cl)ccc2C1)N(c1ccc(N(C)C)cc1)S(=O)[O-]. The highest BCUT2D eigenvalue weighted by Gasteiger charge is 2.27. The van der Waals surface area contributed by atoms with Crippen LogP contribution < -0.4 is 13.9 Å². The second-order valence-electron chi connectivity index (χ2n) is 7.99. The van der Waals surface area contributed by atoms with Gasteiger partial charge < -0.3 is 9.45 Å². The van der Waals surface area contributed by atoms with Crippen LogP contribution in [0.1, 0.15) is 24.5 Å². The van der Waals surface area contributed by atoms with Crippen molar-refractivity contribution in [3.63, 3.8) is 0 Å². The summed E-state index contributed by atoms with van der Waals surface area (Å²) in [4.78, 5) is 1.92. The maximum atomic E-state index is 12.8. The molecule has 1 aliphatic heterocycles. The van der Waals surface area contributed by atoms with Gasteiger partial charge in [-0.05, 0) is 67.3 Å². The lowest BCUT2D eigenvalue weighted by molar-refractivity contribution is 0.383. The molecule has 0 bridgehead atoms. The van der Waals surface area contributed by atoms with Gasteiger partial charge in [0.2, 0.25) is 0 Å². The van der Waals surface area contributed by atoms with Crippen LogP contribution in [0.15, 0.2) is 42.5 Å². The molecule has 0 aliphatic carbocycles. The summed E-state index contributed by atoms with van der Waals surface area (Å²) in [5.41, 5.74) is 3.49. The molecule has 0 spiro atoms. The van der Waals surface area contributed by atoms with Gasteiger partial charge in [-0.3, -0.25) is 8.51 Å². The number of nitrogens with one attached hydrogen (secondary N) is 1. The van der Waals surface area contributed by atoms with Crippen molar-refractivity contribution in [1.29, 1.82) is 0 Å². The van der Waals surface area contributed by atoms with Crippen molar-refractivity contribution in [2.45, 2.75) is 32.4 Å². The van der Waals surface area contributed by atoms with Crippen LogP contribution in [0.5, 0.6) is 0 Å². The van der Waals surface area contributed by atoms with Crippen LogP contribution in [0.3, 0.4) is 0 Å². The molecule has 1 aliphatic rings. The Balaban J connectivity index is 1.60. The minimum Gasteiger partial charge on any atom is -0.755 e. The number of fused-ring (bicyclic) bond motifs is 1. The molecule has 32 heavy (non-hydrogen) atoms. The Hall–Kier alpha value is -1.69. The van der Waals surface area contributed by atoms with E-state index in [0.717, 1.165) is 16.8 Å². The summed E-state index contributed by atoms with van der Waals surface area (Å²) in [6.07, 6.45) is 0.918. The number of hydrogen-bond donors (Lipinski definition) is 1. The molecule has 0 saturated carbocycles. The molecular formula is C21H28ClN4O4S2-. The second kappa shape index (κ2) is 10.5. The third-order valence-electron chi connectivity index (χ3n) is 5.51. The van der Waals surface area contributed by atoms with E-state index >= 15 is 0 Å². The molecule has 3 rings (SSSR count). The molecule has 1 heterocycles. The fraction of sp³-hybridized carbons (Fsp3) is 0.429. The van der Waals surface area contributed by atoms with Crippen LogP contribution in [-0.2, 0) is 34.4 Å². The van der Waals surface area contributed by atoms with Crippen molar-refractivity contribution in [3.05, 3.63) is 58.6 Å². The average Bonchev–Trinajstić information content (AvgIpc) is 2.73. The van der Waals surface area contributed by atoms with Crippen LogP contribution in [0.25, 0.3) is 0 Å². The first kappa shape index (κ1) is 24.9. The van der Waals surface area contributed by atoms with E-state index in [-0.39, 0.29) is 13.1 Å². The molecule has 0 amide bonds. The molecule has 0 aromatic heterocycles. The van der Waals surface area contributed by atoms with Crippen LogP contribution in [0.2, 0.25) is 5.02 Å². The largest absolute Gasteiger partial charge is 0.755 e. The third-order valence-corrected chi connectivity index (χ3v) is 8.20. The smallest absolute Gasteiger partial charge is 0.279 e. The molecule has 2 atom stereocenters. The summed E-state index contributed by atoms with van der Waals surface area (Å²) in [7, 11) is 0.127. The van der Waals surface area contributed by atoms with E-state index in [4.69, 9.17) is 11.6 Å². The van der Waals surface area contributed by atoms with Gasteiger partial charge in [-0.1, -0.05) is 17.7 Å². The minimum atomic E-state index is -3.69. The highest BCUT2D eigenvalue weighted by atomic mass is 35.5. The quantitative estimate of drug-likeness (QED) is 0.535. The van der Waals surface area contributed by atoms with Gasteiger partial charge in [0.05, 0.1) is 0 Å². The minimum absolute atomic E-state index is 0.122. The standard InChI is InChI=1S/C21H29ClN4O4S2/c1-16(26(31(27)28)21-8-6-20(7-9-21)24(2)3)10-12-23-32(29,30)25-13-11-17-14-19(22)5-4-18(17)15-25/h4-9,14,16,23H,10-13,15H2,1-3H3,(H,27,28)/p-1/t16-/m0/s1. The lowest BCUT2D eigenvalue weighted by Gasteiger charge is -2.33. The zero-order valence-electron chi connectivity index (χ0n) is 18.3. The van der Waals surface area contributed by atoms with Crippen LogP contribution in [0, 0.1) is 0 Å². The molecule has 2 aromatic carbocycles. The highest BCUT2D eigenvalue weighted by Crippen LogP contribution is 2.25. The van der Waals surface area contributed by atoms with Gasteiger partial charge in [0.25, 0.3) is 10.2 Å². The summed E-state index contributed by atoms with van der Waals surface area (Å²) in [6.45, 7) is 2.53. The Morgan fingerprint density at radius 2 is 1.81 bits per heavy atom. The first-order valence-corrected chi connectivity index (χ1v) is 13.1. The predicted octanol–water partition coefficient (Wildman–Crippen LogP) is 2.68. The monoisotopic (exact) mass is 499 g/mol. The maximum Gasteiger partial charge on any atom is 0.279 e. The summed E-state index contributed by atoms with van der Waals surface area (Å²) < 4.78 is 54.5. The molecule has 1 N–H and O–H groups in total. The van der Waals surface area contributed by atoms with Crippen molar-refractivity contribution in [2.75, 3.05) is 36.4 Å². The Labute approximate surface area is 197 Å². The molecule has 2 aromatic rings. The third kappa shape index (κ3) is 6.00. The van der Waals surface area contributed by atoms with Gasteiger partial charge in [0, 0.05) is 67.4 Å². The van der Waals surface area contributed by atoms with Crippen molar-refractivity contribution in [3.8, 4) is 0 Å². The van der Waals surface area contributed by atoms with Crippen molar-refractivity contribution < 1.29 is 17.2 Å². The van der Waals surface area contributed by atoms with Crippen LogP contribution >= 0.6 is 11.6 Å². The topological polar surface area (TPSA) is 96.0 Å². The Morgan fingerprint density at radius 3 is 2.44 bits per heavy atom. The summed E-state index contributed by atoms with van der Waals surface area (Å²) in [5.74, 6) is 0. The van der Waals surface area contributed by atoms with E-state index in [0.29, 0.717) is 30.1 Å². The van der Waals surface area contributed by atoms with Gasteiger partial charge in [-0.2, -0.15) is 12.7 Å².